The molecule has 2 aromatic carbocycles. The molecular weight excluding hydrogens is 292 g/mol. The van der Waals surface area contributed by atoms with Crippen LogP contribution in [-0.2, 0) is 0 Å². The van der Waals surface area contributed by atoms with E-state index in [4.69, 9.17) is 9.84 Å². The molecule has 0 heterocycles. The van der Waals surface area contributed by atoms with Crippen molar-refractivity contribution in [3.05, 3.63) is 54.6 Å². The average Bonchev–Trinajstić information content (AvgIpc) is 2.57. The van der Waals surface area contributed by atoms with Crippen LogP contribution in [0.15, 0.2) is 54.6 Å². The number of aliphatic hydroxyl groups excluding tert-OH is 1. The van der Waals surface area contributed by atoms with E-state index in [1.54, 1.807) is 24.3 Å². The van der Waals surface area contributed by atoms with Crippen molar-refractivity contribution in [2.75, 3.05) is 11.9 Å². The van der Waals surface area contributed by atoms with Crippen molar-refractivity contribution in [3.63, 3.8) is 0 Å². The standard InChI is InChI=1S/C18H22N2O3/c1-2-14(12-13-21)19-18(22)20-15-8-10-17(11-9-15)23-16-6-4-3-5-7-16/h3-11,14,21H,2,12-13H2,1H3,(H2,19,20,22). The van der Waals surface area contributed by atoms with Gasteiger partial charge >= 0.3 is 6.03 Å². The highest BCUT2D eigenvalue weighted by molar-refractivity contribution is 5.89. The first-order chi connectivity index (χ1) is 11.2. The molecule has 23 heavy (non-hydrogen) atoms. The van der Waals surface area contributed by atoms with Crippen LogP contribution in [0.5, 0.6) is 11.5 Å². The highest BCUT2D eigenvalue weighted by atomic mass is 16.5. The number of benzene rings is 2. The fourth-order valence-electron chi connectivity index (χ4n) is 2.12. The van der Waals surface area contributed by atoms with E-state index in [-0.39, 0.29) is 18.7 Å². The maximum absolute atomic E-state index is 11.9. The maximum atomic E-state index is 11.9. The summed E-state index contributed by atoms with van der Waals surface area (Å²) in [6.45, 7) is 2.03. The van der Waals surface area contributed by atoms with Crippen LogP contribution in [0, 0.1) is 0 Å². The minimum atomic E-state index is -0.276. The third-order valence-corrected chi connectivity index (χ3v) is 3.40. The molecule has 2 rings (SSSR count). The number of urea groups is 1. The number of para-hydroxylation sites is 1. The second-order valence-electron chi connectivity index (χ2n) is 5.16. The molecule has 0 bridgehead atoms. The van der Waals surface area contributed by atoms with Gasteiger partial charge < -0.3 is 20.5 Å². The van der Waals surface area contributed by atoms with Crippen molar-refractivity contribution in [2.24, 2.45) is 0 Å². The van der Waals surface area contributed by atoms with E-state index >= 15 is 0 Å². The summed E-state index contributed by atoms with van der Waals surface area (Å²) in [5, 5.41) is 14.5. The lowest BCUT2D eigenvalue weighted by molar-refractivity contribution is 0.237. The topological polar surface area (TPSA) is 70.6 Å². The molecule has 1 unspecified atom stereocenters. The minimum absolute atomic E-state index is 0.0271. The van der Waals surface area contributed by atoms with Gasteiger partial charge in [0.05, 0.1) is 0 Å². The van der Waals surface area contributed by atoms with Crippen molar-refractivity contribution >= 4 is 11.7 Å². The Balaban J connectivity index is 1.88. The van der Waals surface area contributed by atoms with Crippen molar-refractivity contribution in [2.45, 2.75) is 25.8 Å². The molecule has 5 heteroatoms. The van der Waals surface area contributed by atoms with Gasteiger partial charge in [0, 0.05) is 18.3 Å². The zero-order valence-corrected chi connectivity index (χ0v) is 13.2. The number of ether oxygens (including phenoxy) is 1. The van der Waals surface area contributed by atoms with Gasteiger partial charge in [-0.3, -0.25) is 0 Å². The van der Waals surface area contributed by atoms with E-state index in [2.05, 4.69) is 10.6 Å². The molecule has 0 radical (unpaired) electrons. The van der Waals surface area contributed by atoms with Crippen molar-refractivity contribution in [1.29, 1.82) is 0 Å². The highest BCUT2D eigenvalue weighted by Crippen LogP contribution is 2.22. The van der Waals surface area contributed by atoms with Crippen LogP contribution in [0.3, 0.4) is 0 Å². The summed E-state index contributed by atoms with van der Waals surface area (Å²) in [5.41, 5.74) is 0.682. The molecule has 2 amide bonds. The van der Waals surface area contributed by atoms with E-state index in [1.165, 1.54) is 0 Å². The van der Waals surface area contributed by atoms with Gasteiger partial charge in [0.25, 0.3) is 0 Å². The highest BCUT2D eigenvalue weighted by Gasteiger charge is 2.09. The Morgan fingerprint density at radius 3 is 2.35 bits per heavy atom. The van der Waals surface area contributed by atoms with Gasteiger partial charge in [-0.15, -0.1) is 0 Å². The third-order valence-electron chi connectivity index (χ3n) is 3.40. The van der Waals surface area contributed by atoms with E-state index in [9.17, 15) is 4.79 Å². The van der Waals surface area contributed by atoms with Crippen molar-refractivity contribution < 1.29 is 14.6 Å². The first-order valence-electron chi connectivity index (χ1n) is 7.72. The Bertz CT molecular complexity index is 599. The first-order valence-corrected chi connectivity index (χ1v) is 7.72. The summed E-state index contributed by atoms with van der Waals surface area (Å²) in [6.07, 6.45) is 1.33. The van der Waals surface area contributed by atoms with Crippen LogP contribution >= 0.6 is 0 Å². The Hall–Kier alpha value is -2.53. The number of nitrogens with one attached hydrogen (secondary N) is 2. The Morgan fingerprint density at radius 2 is 1.74 bits per heavy atom. The van der Waals surface area contributed by atoms with Gasteiger partial charge in [0.2, 0.25) is 0 Å². The number of hydrogen-bond donors (Lipinski definition) is 3. The van der Waals surface area contributed by atoms with Crippen LogP contribution in [0.1, 0.15) is 19.8 Å². The zero-order valence-electron chi connectivity index (χ0n) is 13.2. The zero-order chi connectivity index (χ0) is 16.5. The summed E-state index contributed by atoms with van der Waals surface area (Å²) in [6, 6.07) is 16.4. The summed E-state index contributed by atoms with van der Waals surface area (Å²) in [5.74, 6) is 1.47. The van der Waals surface area contributed by atoms with Crippen LogP contribution in [-0.4, -0.2) is 23.8 Å². The minimum Gasteiger partial charge on any atom is -0.457 e. The molecule has 3 N–H and O–H groups in total. The molecule has 5 nitrogen and oxygen atoms in total. The number of anilines is 1. The molecule has 0 spiro atoms. The van der Waals surface area contributed by atoms with Crippen LogP contribution in [0.2, 0.25) is 0 Å². The third kappa shape index (κ3) is 5.64. The molecule has 1 atom stereocenters. The number of hydrogen-bond acceptors (Lipinski definition) is 3. The van der Waals surface area contributed by atoms with Gasteiger partial charge in [-0.2, -0.15) is 0 Å². The molecule has 0 saturated heterocycles. The molecule has 122 valence electrons. The number of carbonyl (C=O) groups excluding carboxylic acids is 1. The second-order valence-corrected chi connectivity index (χ2v) is 5.16. The molecule has 0 aliphatic carbocycles. The van der Waals surface area contributed by atoms with Crippen LogP contribution in [0.25, 0.3) is 0 Å². The number of aliphatic hydroxyl groups is 1. The monoisotopic (exact) mass is 314 g/mol. The van der Waals surface area contributed by atoms with Gasteiger partial charge in [0.1, 0.15) is 11.5 Å². The number of rotatable bonds is 7. The smallest absolute Gasteiger partial charge is 0.319 e. The van der Waals surface area contributed by atoms with Gasteiger partial charge in [0.15, 0.2) is 0 Å². The molecule has 0 aromatic heterocycles. The lowest BCUT2D eigenvalue weighted by atomic mass is 10.2. The Labute approximate surface area is 136 Å². The Morgan fingerprint density at radius 1 is 1.09 bits per heavy atom. The van der Waals surface area contributed by atoms with Crippen LogP contribution < -0.4 is 15.4 Å². The molecule has 2 aromatic rings. The molecule has 0 aliphatic heterocycles. The van der Waals surface area contributed by atoms with E-state index in [0.717, 1.165) is 12.2 Å². The molecular formula is C18H22N2O3. The molecule has 0 aliphatic rings. The van der Waals surface area contributed by atoms with E-state index in [0.29, 0.717) is 17.9 Å². The van der Waals surface area contributed by atoms with E-state index in [1.807, 2.05) is 37.3 Å². The Kier molecular flexibility index (Phi) is 6.44. The number of amides is 2. The van der Waals surface area contributed by atoms with Gasteiger partial charge in [-0.1, -0.05) is 25.1 Å². The average molecular weight is 314 g/mol. The SMILES string of the molecule is CCC(CCO)NC(=O)Nc1ccc(Oc2ccccc2)cc1. The fraction of sp³-hybridized carbons (Fsp3) is 0.278. The predicted molar refractivity (Wildman–Crippen MR) is 90.9 cm³/mol. The summed E-state index contributed by atoms with van der Waals surface area (Å²) >= 11 is 0. The largest absolute Gasteiger partial charge is 0.457 e. The van der Waals surface area contributed by atoms with Crippen molar-refractivity contribution in [3.8, 4) is 11.5 Å². The summed E-state index contributed by atoms with van der Waals surface area (Å²) in [4.78, 5) is 11.9. The van der Waals surface area contributed by atoms with Gasteiger partial charge in [-0.25, -0.2) is 4.79 Å². The summed E-state index contributed by atoms with van der Waals surface area (Å²) < 4.78 is 5.70. The predicted octanol–water partition coefficient (Wildman–Crippen LogP) is 3.76. The normalized spacial score (nSPS) is 11.6. The van der Waals surface area contributed by atoms with Gasteiger partial charge in [-0.05, 0) is 49.2 Å². The molecule has 0 fully saturated rings. The first kappa shape index (κ1) is 16.8. The quantitative estimate of drug-likeness (QED) is 0.728. The fourth-order valence-corrected chi connectivity index (χ4v) is 2.12. The second kappa shape index (κ2) is 8.80. The van der Waals surface area contributed by atoms with Crippen LogP contribution in [0.4, 0.5) is 10.5 Å². The van der Waals surface area contributed by atoms with E-state index < -0.39 is 0 Å². The lowest BCUT2D eigenvalue weighted by Crippen LogP contribution is -2.38. The lowest BCUT2D eigenvalue weighted by Gasteiger charge is -2.16. The molecule has 0 saturated carbocycles. The summed E-state index contributed by atoms with van der Waals surface area (Å²) in [7, 11) is 0. The number of carbonyl (C=O) groups is 1. The maximum Gasteiger partial charge on any atom is 0.319 e. The van der Waals surface area contributed by atoms with Crippen molar-refractivity contribution in [1.82, 2.24) is 5.32 Å².